The molecule has 2 N–H and O–H groups in total. The van der Waals surface area contributed by atoms with E-state index in [2.05, 4.69) is 29.5 Å². The monoisotopic (exact) mass is 287 g/mol. The van der Waals surface area contributed by atoms with Crippen LogP contribution in [0, 0.1) is 5.92 Å². The minimum Gasteiger partial charge on any atom is -0.454 e. The number of rotatable bonds is 5. The van der Waals surface area contributed by atoms with Crippen LogP contribution >= 0.6 is 0 Å². The van der Waals surface area contributed by atoms with Gasteiger partial charge in [0.15, 0.2) is 11.5 Å². The summed E-state index contributed by atoms with van der Waals surface area (Å²) in [5.74, 6) is 2.43. The van der Waals surface area contributed by atoms with Crippen LogP contribution in [0.5, 0.6) is 11.5 Å². The lowest BCUT2D eigenvalue weighted by Gasteiger charge is -2.20. The highest BCUT2D eigenvalue weighted by molar-refractivity contribution is 5.44. The summed E-state index contributed by atoms with van der Waals surface area (Å²) in [6.45, 7) is 6.07. The van der Waals surface area contributed by atoms with Gasteiger partial charge in [-0.15, -0.1) is 0 Å². The molecule has 1 aliphatic rings. The first-order valence-electron chi connectivity index (χ1n) is 7.27. The van der Waals surface area contributed by atoms with Crippen LogP contribution in [0.25, 0.3) is 0 Å². The van der Waals surface area contributed by atoms with Crippen LogP contribution in [0.2, 0.25) is 0 Å². The normalized spacial score (nSPS) is 14.7. The van der Waals surface area contributed by atoms with E-state index in [0.717, 1.165) is 23.6 Å². The fraction of sp³-hybridized carbons (Fsp3) is 0.438. The highest BCUT2D eigenvalue weighted by Crippen LogP contribution is 2.33. The fourth-order valence-electron chi connectivity index (χ4n) is 2.74. The highest BCUT2D eigenvalue weighted by Gasteiger charge is 2.19. The second-order valence-electron chi connectivity index (χ2n) is 5.72. The fourth-order valence-corrected chi connectivity index (χ4v) is 2.74. The van der Waals surface area contributed by atoms with E-state index in [1.165, 1.54) is 5.69 Å². The average molecular weight is 287 g/mol. The van der Waals surface area contributed by atoms with E-state index in [1.54, 1.807) is 0 Å². The van der Waals surface area contributed by atoms with Gasteiger partial charge < -0.3 is 19.8 Å². The van der Waals surface area contributed by atoms with Gasteiger partial charge in [0.2, 0.25) is 6.79 Å². The molecule has 1 aliphatic heterocycles. The van der Waals surface area contributed by atoms with E-state index in [-0.39, 0.29) is 0 Å². The number of imidazole rings is 1. The third kappa shape index (κ3) is 2.74. The number of nitrogens with zero attached hydrogens (tertiary/aromatic N) is 2. The zero-order chi connectivity index (χ0) is 14.8. The summed E-state index contributed by atoms with van der Waals surface area (Å²) >= 11 is 0. The predicted octanol–water partition coefficient (Wildman–Crippen LogP) is 2.36. The number of hydrogen-bond donors (Lipinski definition) is 1. The minimum absolute atomic E-state index is 0.303. The molecule has 1 aromatic carbocycles. The molecule has 0 radical (unpaired) electrons. The average Bonchev–Trinajstić information content (AvgIpc) is 3.08. The van der Waals surface area contributed by atoms with E-state index in [9.17, 15) is 0 Å². The zero-order valence-electron chi connectivity index (χ0n) is 12.5. The standard InChI is InChI=1S/C16H21N3O2/c1-11(2)13(6-17)14-7-18-9-19(14)8-12-3-4-15-16(5-12)21-10-20-15/h3-5,7,9,11,13H,6,8,10,17H2,1-2H3. The van der Waals surface area contributed by atoms with Crippen LogP contribution in [-0.4, -0.2) is 22.9 Å². The van der Waals surface area contributed by atoms with E-state index < -0.39 is 0 Å². The lowest BCUT2D eigenvalue weighted by atomic mass is 9.93. The molecule has 1 atom stereocenters. The molecule has 21 heavy (non-hydrogen) atoms. The molecule has 0 saturated carbocycles. The summed E-state index contributed by atoms with van der Waals surface area (Å²) in [6.07, 6.45) is 3.79. The van der Waals surface area contributed by atoms with Crippen molar-refractivity contribution in [1.82, 2.24) is 9.55 Å². The van der Waals surface area contributed by atoms with Gasteiger partial charge in [-0.2, -0.15) is 0 Å². The molecule has 0 aliphatic carbocycles. The molecule has 3 rings (SSSR count). The number of fused-ring (bicyclic) bond motifs is 1. The molecule has 0 saturated heterocycles. The van der Waals surface area contributed by atoms with Gasteiger partial charge in [0.1, 0.15) is 0 Å². The summed E-state index contributed by atoms with van der Waals surface area (Å²) in [7, 11) is 0. The Bertz CT molecular complexity index is 622. The van der Waals surface area contributed by atoms with Crippen molar-refractivity contribution >= 4 is 0 Å². The topological polar surface area (TPSA) is 62.3 Å². The summed E-state index contributed by atoms with van der Waals surface area (Å²) in [4.78, 5) is 4.29. The zero-order valence-corrected chi connectivity index (χ0v) is 12.5. The van der Waals surface area contributed by atoms with Gasteiger partial charge in [0, 0.05) is 30.9 Å². The molecular weight excluding hydrogens is 266 g/mol. The summed E-state index contributed by atoms with van der Waals surface area (Å²) < 4.78 is 12.9. The number of ether oxygens (including phenoxy) is 2. The molecule has 5 heteroatoms. The van der Waals surface area contributed by atoms with Crippen molar-refractivity contribution in [1.29, 1.82) is 0 Å². The molecule has 0 amide bonds. The van der Waals surface area contributed by atoms with Crippen molar-refractivity contribution in [2.24, 2.45) is 11.7 Å². The lowest BCUT2D eigenvalue weighted by Crippen LogP contribution is -2.21. The van der Waals surface area contributed by atoms with Crippen molar-refractivity contribution in [3.63, 3.8) is 0 Å². The largest absolute Gasteiger partial charge is 0.454 e. The molecule has 0 fully saturated rings. The first-order chi connectivity index (χ1) is 10.2. The van der Waals surface area contributed by atoms with Crippen molar-refractivity contribution in [2.45, 2.75) is 26.3 Å². The van der Waals surface area contributed by atoms with Crippen molar-refractivity contribution in [2.75, 3.05) is 13.3 Å². The van der Waals surface area contributed by atoms with Crippen LogP contribution in [0.15, 0.2) is 30.7 Å². The molecule has 1 unspecified atom stereocenters. The van der Waals surface area contributed by atoms with E-state index in [0.29, 0.717) is 25.2 Å². The maximum Gasteiger partial charge on any atom is 0.231 e. The second kappa shape index (κ2) is 5.77. The number of aromatic nitrogens is 2. The Labute approximate surface area is 124 Å². The smallest absolute Gasteiger partial charge is 0.231 e. The number of benzene rings is 1. The van der Waals surface area contributed by atoms with Crippen molar-refractivity contribution in [3.8, 4) is 11.5 Å². The summed E-state index contributed by atoms with van der Waals surface area (Å²) in [6, 6.07) is 6.04. The number of nitrogens with two attached hydrogens (primary N) is 1. The first-order valence-corrected chi connectivity index (χ1v) is 7.27. The van der Waals surface area contributed by atoms with Crippen LogP contribution in [-0.2, 0) is 6.54 Å². The second-order valence-corrected chi connectivity index (χ2v) is 5.72. The third-order valence-corrected chi connectivity index (χ3v) is 3.97. The molecule has 2 aromatic rings. The van der Waals surface area contributed by atoms with Gasteiger partial charge in [0.25, 0.3) is 0 Å². The SMILES string of the molecule is CC(C)C(CN)c1cncn1Cc1ccc2c(c1)OCO2. The van der Waals surface area contributed by atoms with Crippen LogP contribution in [0.3, 0.4) is 0 Å². The van der Waals surface area contributed by atoms with E-state index in [4.69, 9.17) is 15.2 Å². The predicted molar refractivity (Wildman–Crippen MR) is 80.5 cm³/mol. The van der Waals surface area contributed by atoms with Gasteiger partial charge in [-0.05, 0) is 23.6 Å². The molecule has 0 bridgehead atoms. The maximum absolute atomic E-state index is 5.92. The third-order valence-electron chi connectivity index (χ3n) is 3.97. The van der Waals surface area contributed by atoms with Crippen LogP contribution in [0.4, 0.5) is 0 Å². The van der Waals surface area contributed by atoms with Crippen LogP contribution in [0.1, 0.15) is 31.0 Å². The molecular formula is C16H21N3O2. The van der Waals surface area contributed by atoms with Gasteiger partial charge >= 0.3 is 0 Å². The van der Waals surface area contributed by atoms with Crippen molar-refractivity contribution < 1.29 is 9.47 Å². The van der Waals surface area contributed by atoms with E-state index in [1.807, 2.05) is 24.7 Å². The Morgan fingerprint density at radius 2 is 2.10 bits per heavy atom. The Hall–Kier alpha value is -2.01. The molecule has 0 spiro atoms. The summed E-state index contributed by atoms with van der Waals surface area (Å²) in [5, 5.41) is 0. The first kappa shape index (κ1) is 13.9. The maximum atomic E-state index is 5.92. The van der Waals surface area contributed by atoms with E-state index >= 15 is 0 Å². The quantitative estimate of drug-likeness (QED) is 0.917. The number of hydrogen-bond acceptors (Lipinski definition) is 4. The van der Waals surface area contributed by atoms with Gasteiger partial charge in [0.05, 0.1) is 6.33 Å². The molecule has 5 nitrogen and oxygen atoms in total. The van der Waals surface area contributed by atoms with Gasteiger partial charge in [-0.1, -0.05) is 19.9 Å². The summed E-state index contributed by atoms with van der Waals surface area (Å²) in [5.41, 5.74) is 8.27. The highest BCUT2D eigenvalue weighted by atomic mass is 16.7. The van der Waals surface area contributed by atoms with Gasteiger partial charge in [-0.25, -0.2) is 4.98 Å². The Morgan fingerprint density at radius 1 is 1.29 bits per heavy atom. The minimum atomic E-state index is 0.303. The van der Waals surface area contributed by atoms with Crippen molar-refractivity contribution in [3.05, 3.63) is 42.0 Å². The van der Waals surface area contributed by atoms with Crippen LogP contribution < -0.4 is 15.2 Å². The molecule has 1 aromatic heterocycles. The lowest BCUT2D eigenvalue weighted by molar-refractivity contribution is 0.174. The molecule has 112 valence electrons. The van der Waals surface area contributed by atoms with Gasteiger partial charge in [-0.3, -0.25) is 0 Å². The Balaban J connectivity index is 1.84. The molecule has 2 heterocycles. The Kier molecular flexibility index (Phi) is 3.84. The Morgan fingerprint density at radius 3 is 2.86 bits per heavy atom.